The number of alkyl halides is 6. The second kappa shape index (κ2) is 5.69. The van der Waals surface area contributed by atoms with Crippen molar-refractivity contribution in [3.05, 3.63) is 0 Å². The Balaban J connectivity index is 4.55. The van der Waals surface area contributed by atoms with Crippen molar-refractivity contribution in [1.82, 2.24) is 0 Å². The molecule has 0 aromatic carbocycles. The molecule has 0 bridgehead atoms. The van der Waals surface area contributed by atoms with Crippen LogP contribution in [-0.4, -0.2) is 58.8 Å². The van der Waals surface area contributed by atoms with Crippen molar-refractivity contribution in [1.29, 1.82) is 0 Å². The van der Waals surface area contributed by atoms with Crippen LogP contribution in [-0.2, 0) is 0 Å². The summed E-state index contributed by atoms with van der Waals surface area (Å²) in [6.45, 7) is -1.95. The molecule has 0 saturated heterocycles. The minimum Gasteiger partial charge on any atom is -0.341 e. The average molecular weight is 256 g/mol. The van der Waals surface area contributed by atoms with Crippen molar-refractivity contribution in [2.75, 3.05) is 6.67 Å². The molecule has 5 unspecified atom stereocenters. The summed E-state index contributed by atoms with van der Waals surface area (Å²) in [4.78, 5) is 0. The largest absolute Gasteiger partial charge is 0.341 e. The standard InChI is InChI=1S/C7H10F6O3/c8-1-2(9)3(10)4(11)5(12)6(13)7(14,15)16/h2-6,14-16H,1H2. The van der Waals surface area contributed by atoms with E-state index in [0.717, 1.165) is 0 Å². The Labute approximate surface area is 86.3 Å². The molecule has 0 aliphatic carbocycles. The fourth-order valence-electron chi connectivity index (χ4n) is 0.835. The second-order valence-corrected chi connectivity index (χ2v) is 3.09. The molecule has 0 aliphatic heterocycles. The molecular formula is C7H10F6O3. The number of aliphatic hydroxyl groups is 3. The van der Waals surface area contributed by atoms with Gasteiger partial charge < -0.3 is 15.3 Å². The van der Waals surface area contributed by atoms with Crippen LogP contribution in [0.15, 0.2) is 0 Å². The summed E-state index contributed by atoms with van der Waals surface area (Å²) >= 11 is 0. The molecule has 0 saturated carbocycles. The van der Waals surface area contributed by atoms with Gasteiger partial charge in [-0.05, 0) is 0 Å². The summed E-state index contributed by atoms with van der Waals surface area (Å²) < 4.78 is 74.2. The Bertz CT molecular complexity index is 211. The molecule has 0 aromatic rings. The van der Waals surface area contributed by atoms with Crippen molar-refractivity contribution in [3.63, 3.8) is 0 Å². The molecule has 0 rings (SSSR count). The van der Waals surface area contributed by atoms with E-state index < -0.39 is 43.5 Å². The van der Waals surface area contributed by atoms with Crippen LogP contribution in [0.5, 0.6) is 0 Å². The predicted octanol–water partition coefficient (Wildman–Crippen LogP) is 0.277. The van der Waals surface area contributed by atoms with E-state index in [1.165, 1.54) is 0 Å². The second-order valence-electron chi connectivity index (χ2n) is 3.09. The van der Waals surface area contributed by atoms with Gasteiger partial charge in [0, 0.05) is 0 Å². The van der Waals surface area contributed by atoms with Crippen LogP contribution >= 0.6 is 0 Å². The fraction of sp³-hybridized carbons (Fsp3) is 1.00. The predicted molar refractivity (Wildman–Crippen MR) is 39.8 cm³/mol. The lowest BCUT2D eigenvalue weighted by molar-refractivity contribution is -0.352. The molecule has 16 heavy (non-hydrogen) atoms. The van der Waals surface area contributed by atoms with E-state index in [2.05, 4.69) is 0 Å². The maximum absolute atomic E-state index is 12.7. The molecule has 3 nitrogen and oxygen atoms in total. The molecular weight excluding hydrogens is 246 g/mol. The summed E-state index contributed by atoms with van der Waals surface area (Å²) in [7, 11) is 0. The monoisotopic (exact) mass is 256 g/mol. The van der Waals surface area contributed by atoms with Gasteiger partial charge in [0.05, 0.1) is 0 Å². The summed E-state index contributed by atoms with van der Waals surface area (Å²) in [5, 5.41) is 24.4. The van der Waals surface area contributed by atoms with E-state index in [1.54, 1.807) is 0 Å². The van der Waals surface area contributed by atoms with Crippen molar-refractivity contribution in [2.24, 2.45) is 0 Å². The number of hydrogen-bond acceptors (Lipinski definition) is 3. The fourth-order valence-corrected chi connectivity index (χ4v) is 0.835. The zero-order valence-corrected chi connectivity index (χ0v) is 7.70. The number of hydrogen-bond donors (Lipinski definition) is 3. The Morgan fingerprint density at radius 3 is 1.56 bits per heavy atom. The van der Waals surface area contributed by atoms with Crippen LogP contribution < -0.4 is 0 Å². The van der Waals surface area contributed by atoms with Crippen LogP contribution in [0.4, 0.5) is 26.3 Å². The van der Waals surface area contributed by atoms with E-state index in [9.17, 15) is 26.3 Å². The molecule has 5 atom stereocenters. The van der Waals surface area contributed by atoms with E-state index in [0.29, 0.717) is 0 Å². The molecule has 0 aromatic heterocycles. The summed E-state index contributed by atoms with van der Waals surface area (Å²) in [5.41, 5.74) is 0. The SMILES string of the molecule is OC(O)(O)C(F)C(F)C(F)C(F)C(F)CF. The van der Waals surface area contributed by atoms with Crippen molar-refractivity contribution >= 4 is 0 Å². The lowest BCUT2D eigenvalue weighted by Crippen LogP contribution is -2.50. The van der Waals surface area contributed by atoms with Gasteiger partial charge in [-0.1, -0.05) is 0 Å². The van der Waals surface area contributed by atoms with Gasteiger partial charge in [0.25, 0.3) is 0 Å². The molecule has 0 radical (unpaired) electrons. The summed E-state index contributed by atoms with van der Waals surface area (Å²) in [6, 6.07) is 0. The Hall–Kier alpha value is -0.540. The number of halogens is 6. The summed E-state index contributed by atoms with van der Waals surface area (Å²) in [5.74, 6) is -4.23. The van der Waals surface area contributed by atoms with Crippen LogP contribution in [0.1, 0.15) is 0 Å². The Kier molecular flexibility index (Phi) is 5.50. The van der Waals surface area contributed by atoms with Crippen LogP contribution in [0.25, 0.3) is 0 Å². The molecule has 3 N–H and O–H groups in total. The third-order valence-electron chi connectivity index (χ3n) is 1.75. The van der Waals surface area contributed by atoms with E-state index in [-0.39, 0.29) is 0 Å². The zero-order chi connectivity index (χ0) is 13.1. The molecule has 0 fully saturated rings. The van der Waals surface area contributed by atoms with Crippen molar-refractivity contribution in [2.45, 2.75) is 36.8 Å². The molecule has 9 heteroatoms. The highest BCUT2D eigenvalue weighted by Gasteiger charge is 2.48. The van der Waals surface area contributed by atoms with E-state index in [1.807, 2.05) is 0 Å². The van der Waals surface area contributed by atoms with Crippen molar-refractivity contribution < 1.29 is 41.7 Å². The maximum atomic E-state index is 12.7. The average Bonchev–Trinajstić information content (AvgIpc) is 2.22. The first kappa shape index (κ1) is 15.5. The molecule has 0 aliphatic rings. The van der Waals surface area contributed by atoms with Gasteiger partial charge in [-0.25, -0.2) is 26.3 Å². The van der Waals surface area contributed by atoms with Gasteiger partial charge in [-0.3, -0.25) is 0 Å². The van der Waals surface area contributed by atoms with E-state index >= 15 is 0 Å². The first-order valence-electron chi connectivity index (χ1n) is 4.06. The highest BCUT2D eigenvalue weighted by atomic mass is 19.2. The minimum atomic E-state index is -4.23. The van der Waals surface area contributed by atoms with Gasteiger partial charge in [0.15, 0.2) is 24.7 Å². The Morgan fingerprint density at radius 1 is 0.812 bits per heavy atom. The highest BCUT2D eigenvalue weighted by molar-refractivity contribution is 4.88. The minimum absolute atomic E-state index is 1.95. The normalized spacial score (nSPS) is 22.3. The highest BCUT2D eigenvalue weighted by Crippen LogP contribution is 2.25. The smallest absolute Gasteiger partial charge is 0.311 e. The maximum Gasteiger partial charge on any atom is 0.311 e. The van der Waals surface area contributed by atoms with Gasteiger partial charge >= 0.3 is 5.97 Å². The lowest BCUT2D eigenvalue weighted by atomic mass is 10.0. The van der Waals surface area contributed by atoms with Gasteiger partial charge in [0.2, 0.25) is 6.17 Å². The van der Waals surface area contributed by atoms with Gasteiger partial charge in [0.1, 0.15) is 6.67 Å². The van der Waals surface area contributed by atoms with Gasteiger partial charge in [-0.15, -0.1) is 0 Å². The van der Waals surface area contributed by atoms with Crippen LogP contribution in [0, 0.1) is 0 Å². The number of rotatable bonds is 6. The third-order valence-corrected chi connectivity index (χ3v) is 1.75. The molecule has 0 amide bonds. The zero-order valence-electron chi connectivity index (χ0n) is 7.70. The van der Waals surface area contributed by atoms with Gasteiger partial charge in [-0.2, -0.15) is 0 Å². The first-order chi connectivity index (χ1) is 7.12. The molecule has 0 spiro atoms. The summed E-state index contributed by atoms with van der Waals surface area (Å²) in [6.07, 6.45) is -17.0. The Morgan fingerprint density at radius 2 is 1.25 bits per heavy atom. The quantitative estimate of drug-likeness (QED) is 0.472. The van der Waals surface area contributed by atoms with Crippen molar-refractivity contribution in [3.8, 4) is 0 Å². The molecule has 98 valence electrons. The molecule has 0 heterocycles. The van der Waals surface area contributed by atoms with Crippen LogP contribution in [0.2, 0.25) is 0 Å². The first-order valence-corrected chi connectivity index (χ1v) is 4.06. The van der Waals surface area contributed by atoms with E-state index in [4.69, 9.17) is 15.3 Å². The topological polar surface area (TPSA) is 60.7 Å². The van der Waals surface area contributed by atoms with Crippen LogP contribution in [0.3, 0.4) is 0 Å². The lowest BCUT2D eigenvalue weighted by Gasteiger charge is -2.25. The third kappa shape index (κ3) is 3.80.